The van der Waals surface area contributed by atoms with Gasteiger partial charge in [0.2, 0.25) is 0 Å². The van der Waals surface area contributed by atoms with Gasteiger partial charge in [-0.25, -0.2) is 4.39 Å². The van der Waals surface area contributed by atoms with E-state index in [0.29, 0.717) is 10.8 Å². The van der Waals surface area contributed by atoms with Crippen LogP contribution in [0.2, 0.25) is 5.02 Å². The highest BCUT2D eigenvalue weighted by Gasteiger charge is 2.08. The molecule has 0 saturated heterocycles. The Balaban J connectivity index is 1.80. The summed E-state index contributed by atoms with van der Waals surface area (Å²) in [6.45, 7) is 0. The van der Waals surface area contributed by atoms with Gasteiger partial charge in [-0.15, -0.1) is 10.2 Å². The standard InChI is InChI=1S/C15H11ClFN3S/c16-12-4-2-6-14(8-12)20-10-18-19-15(20)21-9-11-3-1-5-13(17)7-11/h1-8,10H,9H2. The fraction of sp³-hybridized carbons (Fsp3) is 0.0667. The Hall–Kier alpha value is -1.85. The van der Waals surface area contributed by atoms with Crippen molar-refractivity contribution >= 4 is 23.4 Å². The quantitative estimate of drug-likeness (QED) is 0.670. The first kappa shape index (κ1) is 14.1. The predicted molar refractivity (Wildman–Crippen MR) is 82.3 cm³/mol. The molecule has 3 nitrogen and oxygen atoms in total. The van der Waals surface area contributed by atoms with Crippen LogP contribution in [0.15, 0.2) is 60.0 Å². The Morgan fingerprint density at radius 3 is 2.81 bits per heavy atom. The summed E-state index contributed by atoms with van der Waals surface area (Å²) in [6.07, 6.45) is 1.64. The Morgan fingerprint density at radius 2 is 2.00 bits per heavy atom. The van der Waals surface area contributed by atoms with Crippen LogP contribution in [0.3, 0.4) is 0 Å². The molecule has 6 heteroatoms. The van der Waals surface area contributed by atoms with Gasteiger partial charge in [-0.3, -0.25) is 4.57 Å². The van der Waals surface area contributed by atoms with E-state index in [0.717, 1.165) is 16.4 Å². The Kier molecular flexibility index (Phi) is 4.22. The molecular formula is C15H11ClFN3S. The lowest BCUT2D eigenvalue weighted by molar-refractivity contribution is 0.626. The lowest BCUT2D eigenvalue weighted by Crippen LogP contribution is -1.95. The first-order valence-electron chi connectivity index (χ1n) is 6.25. The number of hydrogen-bond acceptors (Lipinski definition) is 3. The van der Waals surface area contributed by atoms with Crippen molar-refractivity contribution in [2.24, 2.45) is 0 Å². The summed E-state index contributed by atoms with van der Waals surface area (Å²) in [4.78, 5) is 0. The molecule has 0 spiro atoms. The van der Waals surface area contributed by atoms with Crippen LogP contribution in [0, 0.1) is 5.82 Å². The van der Waals surface area contributed by atoms with Crippen LogP contribution in [0.1, 0.15) is 5.56 Å². The smallest absolute Gasteiger partial charge is 0.195 e. The Bertz CT molecular complexity index is 760. The van der Waals surface area contributed by atoms with Crippen LogP contribution in [-0.2, 0) is 5.75 Å². The van der Waals surface area contributed by atoms with Crippen molar-refractivity contribution in [2.45, 2.75) is 10.9 Å². The van der Waals surface area contributed by atoms with Crippen LogP contribution in [-0.4, -0.2) is 14.8 Å². The average Bonchev–Trinajstić information content (AvgIpc) is 2.94. The van der Waals surface area contributed by atoms with E-state index in [1.807, 2.05) is 34.9 Å². The van der Waals surface area contributed by atoms with Gasteiger partial charge in [0.05, 0.1) is 5.69 Å². The van der Waals surface area contributed by atoms with Crippen molar-refractivity contribution < 1.29 is 4.39 Å². The minimum atomic E-state index is -0.232. The third kappa shape index (κ3) is 3.43. The van der Waals surface area contributed by atoms with Crippen molar-refractivity contribution in [3.8, 4) is 5.69 Å². The fourth-order valence-corrected chi connectivity index (χ4v) is 2.96. The molecule has 106 valence electrons. The molecule has 0 unspecified atom stereocenters. The number of aromatic nitrogens is 3. The molecule has 0 amide bonds. The van der Waals surface area contributed by atoms with Crippen molar-refractivity contribution in [3.05, 3.63) is 71.3 Å². The van der Waals surface area contributed by atoms with Gasteiger partial charge in [0, 0.05) is 10.8 Å². The number of rotatable bonds is 4. The zero-order valence-corrected chi connectivity index (χ0v) is 12.5. The third-order valence-corrected chi connectivity index (χ3v) is 4.11. The molecule has 3 aromatic rings. The molecule has 0 aliphatic carbocycles. The van der Waals surface area contributed by atoms with Gasteiger partial charge in [-0.2, -0.15) is 0 Å². The Morgan fingerprint density at radius 1 is 1.14 bits per heavy atom. The van der Waals surface area contributed by atoms with Crippen LogP contribution in [0.5, 0.6) is 0 Å². The highest BCUT2D eigenvalue weighted by molar-refractivity contribution is 7.98. The van der Waals surface area contributed by atoms with Crippen molar-refractivity contribution in [1.82, 2.24) is 14.8 Å². The summed E-state index contributed by atoms with van der Waals surface area (Å²) < 4.78 is 15.0. The number of nitrogens with zero attached hydrogens (tertiary/aromatic N) is 3. The Labute approximate surface area is 130 Å². The molecule has 0 atom stereocenters. The maximum Gasteiger partial charge on any atom is 0.195 e. The molecule has 1 aromatic heterocycles. The second kappa shape index (κ2) is 6.28. The zero-order valence-electron chi connectivity index (χ0n) is 10.9. The van der Waals surface area contributed by atoms with E-state index < -0.39 is 0 Å². The molecule has 0 aliphatic heterocycles. The van der Waals surface area contributed by atoms with E-state index in [-0.39, 0.29) is 5.82 Å². The number of hydrogen-bond donors (Lipinski definition) is 0. The lowest BCUT2D eigenvalue weighted by Gasteiger charge is -2.06. The predicted octanol–water partition coefficient (Wildman–Crippen LogP) is 4.35. The van der Waals surface area contributed by atoms with Gasteiger partial charge in [0.15, 0.2) is 5.16 Å². The normalized spacial score (nSPS) is 10.8. The maximum atomic E-state index is 13.2. The highest BCUT2D eigenvalue weighted by Crippen LogP contribution is 2.24. The van der Waals surface area contributed by atoms with Crippen molar-refractivity contribution in [2.75, 3.05) is 0 Å². The van der Waals surface area contributed by atoms with E-state index in [4.69, 9.17) is 11.6 Å². The largest absolute Gasteiger partial charge is 0.277 e. The molecule has 0 radical (unpaired) electrons. The SMILES string of the molecule is Fc1cccc(CSc2nncn2-c2cccc(Cl)c2)c1. The average molecular weight is 320 g/mol. The summed E-state index contributed by atoms with van der Waals surface area (Å²) in [5.74, 6) is 0.390. The maximum absolute atomic E-state index is 13.2. The molecule has 3 rings (SSSR count). The van der Waals surface area contributed by atoms with Gasteiger partial charge in [-0.1, -0.05) is 41.6 Å². The monoisotopic (exact) mass is 319 g/mol. The van der Waals surface area contributed by atoms with E-state index in [2.05, 4.69) is 10.2 Å². The van der Waals surface area contributed by atoms with E-state index >= 15 is 0 Å². The molecule has 0 aliphatic rings. The van der Waals surface area contributed by atoms with E-state index in [1.165, 1.54) is 23.9 Å². The minimum Gasteiger partial charge on any atom is -0.277 e. The van der Waals surface area contributed by atoms with Gasteiger partial charge in [0.1, 0.15) is 12.1 Å². The van der Waals surface area contributed by atoms with Gasteiger partial charge in [-0.05, 0) is 35.9 Å². The minimum absolute atomic E-state index is 0.232. The van der Waals surface area contributed by atoms with Gasteiger partial charge in [0.25, 0.3) is 0 Å². The van der Waals surface area contributed by atoms with Gasteiger partial charge < -0.3 is 0 Å². The van der Waals surface area contributed by atoms with Gasteiger partial charge >= 0.3 is 0 Å². The van der Waals surface area contributed by atoms with Crippen LogP contribution in [0.25, 0.3) is 5.69 Å². The summed E-state index contributed by atoms with van der Waals surface area (Å²) in [7, 11) is 0. The molecule has 0 N–H and O–H groups in total. The molecule has 1 heterocycles. The van der Waals surface area contributed by atoms with Crippen molar-refractivity contribution in [3.63, 3.8) is 0 Å². The number of thioether (sulfide) groups is 1. The fourth-order valence-electron chi connectivity index (χ4n) is 1.90. The first-order valence-corrected chi connectivity index (χ1v) is 7.62. The third-order valence-electron chi connectivity index (χ3n) is 2.86. The number of benzene rings is 2. The molecule has 0 fully saturated rings. The van der Waals surface area contributed by atoms with E-state index in [9.17, 15) is 4.39 Å². The summed E-state index contributed by atoms with van der Waals surface area (Å²) in [5, 5.41) is 9.42. The molecule has 0 saturated carbocycles. The lowest BCUT2D eigenvalue weighted by atomic mass is 10.2. The zero-order chi connectivity index (χ0) is 14.7. The summed E-state index contributed by atoms with van der Waals surface area (Å²) in [6, 6.07) is 14.0. The van der Waals surface area contributed by atoms with Crippen LogP contribution in [0.4, 0.5) is 4.39 Å². The first-order chi connectivity index (χ1) is 10.2. The van der Waals surface area contributed by atoms with Crippen molar-refractivity contribution in [1.29, 1.82) is 0 Å². The number of halogens is 2. The second-order valence-electron chi connectivity index (χ2n) is 4.38. The second-order valence-corrected chi connectivity index (χ2v) is 5.76. The molecule has 0 bridgehead atoms. The van der Waals surface area contributed by atoms with Crippen LogP contribution >= 0.6 is 23.4 Å². The summed E-state index contributed by atoms with van der Waals surface area (Å²) >= 11 is 7.50. The molecular weight excluding hydrogens is 309 g/mol. The molecule has 21 heavy (non-hydrogen) atoms. The van der Waals surface area contributed by atoms with Crippen LogP contribution < -0.4 is 0 Å². The molecule has 2 aromatic carbocycles. The van der Waals surface area contributed by atoms with E-state index in [1.54, 1.807) is 12.4 Å². The highest BCUT2D eigenvalue weighted by atomic mass is 35.5. The summed E-state index contributed by atoms with van der Waals surface area (Å²) in [5.41, 5.74) is 1.80. The topological polar surface area (TPSA) is 30.7 Å².